The fourth-order valence-corrected chi connectivity index (χ4v) is 3.41. The molecule has 0 unspecified atom stereocenters. The Morgan fingerprint density at radius 1 is 0.917 bits per heavy atom. The van der Waals surface area contributed by atoms with Gasteiger partial charge in [0.25, 0.3) is 0 Å². The van der Waals surface area contributed by atoms with Crippen LogP contribution < -0.4 is 10.2 Å². The molecule has 4 aromatic rings. The zero-order chi connectivity index (χ0) is 16.1. The highest BCUT2D eigenvalue weighted by atomic mass is 15.3. The monoisotopic (exact) mass is 312 g/mol. The lowest BCUT2D eigenvalue weighted by Crippen LogP contribution is -2.16. The Labute approximate surface area is 139 Å². The summed E-state index contributed by atoms with van der Waals surface area (Å²) >= 11 is 0. The van der Waals surface area contributed by atoms with Crippen LogP contribution in [0.4, 0.5) is 11.4 Å². The second-order valence-corrected chi connectivity index (χ2v) is 6.20. The summed E-state index contributed by atoms with van der Waals surface area (Å²) in [7, 11) is 2.10. The summed E-state index contributed by atoms with van der Waals surface area (Å²) in [4.78, 5) is 11.4. The van der Waals surface area contributed by atoms with Crippen LogP contribution in [0.2, 0.25) is 0 Å². The standard InChI is InChI=1S/C20H16N4/c1-24-12-23-19-11-22-18-7-6-13(9-16(18)20(19)24)15-8-14-4-2-3-5-17(14)21-10-15/h2-11,23H,12H2,1H3. The van der Waals surface area contributed by atoms with Gasteiger partial charge in [-0.25, -0.2) is 0 Å². The second-order valence-electron chi connectivity index (χ2n) is 6.20. The molecule has 5 rings (SSSR count). The molecule has 1 aliphatic rings. The smallest absolute Gasteiger partial charge is 0.0875 e. The predicted molar refractivity (Wildman–Crippen MR) is 99.4 cm³/mol. The molecular formula is C20H16N4. The molecule has 0 amide bonds. The number of rotatable bonds is 1. The highest BCUT2D eigenvalue weighted by Gasteiger charge is 2.19. The van der Waals surface area contributed by atoms with Gasteiger partial charge in [-0.1, -0.05) is 24.3 Å². The van der Waals surface area contributed by atoms with Crippen LogP contribution in [0.25, 0.3) is 32.9 Å². The number of fused-ring (bicyclic) bond motifs is 4. The van der Waals surface area contributed by atoms with Gasteiger partial charge in [-0.05, 0) is 29.8 Å². The Kier molecular flexibility index (Phi) is 2.73. The number of pyridine rings is 2. The summed E-state index contributed by atoms with van der Waals surface area (Å²) in [6, 6.07) is 16.8. The van der Waals surface area contributed by atoms with Crippen molar-refractivity contribution in [3.05, 3.63) is 60.9 Å². The predicted octanol–water partition coefficient (Wildman–Crippen LogP) is 4.27. The normalized spacial score (nSPS) is 13.3. The highest BCUT2D eigenvalue weighted by Crippen LogP contribution is 2.38. The minimum absolute atomic E-state index is 0.817. The van der Waals surface area contributed by atoms with Gasteiger partial charge < -0.3 is 10.2 Å². The Morgan fingerprint density at radius 3 is 2.75 bits per heavy atom. The van der Waals surface area contributed by atoms with Gasteiger partial charge in [0.05, 0.1) is 35.3 Å². The number of aromatic nitrogens is 2. The van der Waals surface area contributed by atoms with Crippen molar-refractivity contribution in [3.63, 3.8) is 0 Å². The van der Waals surface area contributed by atoms with Gasteiger partial charge in [0.2, 0.25) is 0 Å². The maximum Gasteiger partial charge on any atom is 0.0875 e. The molecule has 1 aliphatic heterocycles. The molecular weight excluding hydrogens is 296 g/mol. The van der Waals surface area contributed by atoms with Crippen LogP contribution in [0, 0.1) is 0 Å². The van der Waals surface area contributed by atoms with Crippen molar-refractivity contribution in [3.8, 4) is 11.1 Å². The zero-order valence-corrected chi connectivity index (χ0v) is 13.3. The zero-order valence-electron chi connectivity index (χ0n) is 13.3. The SMILES string of the molecule is CN1CNc2cnc3ccc(-c4cnc5ccccc5c4)cc3c21. The molecule has 1 N–H and O–H groups in total. The molecule has 2 aromatic heterocycles. The van der Waals surface area contributed by atoms with Crippen molar-refractivity contribution >= 4 is 33.2 Å². The van der Waals surface area contributed by atoms with E-state index < -0.39 is 0 Å². The number of nitrogens with one attached hydrogen (secondary N) is 1. The molecule has 0 bridgehead atoms. The van der Waals surface area contributed by atoms with Crippen molar-refractivity contribution in [2.24, 2.45) is 0 Å². The van der Waals surface area contributed by atoms with Crippen LogP contribution in [0.15, 0.2) is 60.9 Å². The first-order valence-corrected chi connectivity index (χ1v) is 8.02. The van der Waals surface area contributed by atoms with E-state index in [2.05, 4.69) is 57.6 Å². The van der Waals surface area contributed by atoms with E-state index in [4.69, 9.17) is 0 Å². The largest absolute Gasteiger partial charge is 0.365 e. The van der Waals surface area contributed by atoms with E-state index >= 15 is 0 Å². The van der Waals surface area contributed by atoms with E-state index in [0.29, 0.717) is 0 Å². The number of hydrogen-bond donors (Lipinski definition) is 1. The first-order chi connectivity index (χ1) is 11.8. The van der Waals surface area contributed by atoms with Gasteiger partial charge in [-0.2, -0.15) is 0 Å². The number of hydrogen-bond acceptors (Lipinski definition) is 4. The molecule has 4 nitrogen and oxygen atoms in total. The van der Waals surface area contributed by atoms with Crippen LogP contribution in [0.3, 0.4) is 0 Å². The molecule has 0 spiro atoms. The topological polar surface area (TPSA) is 41.0 Å². The minimum atomic E-state index is 0.817. The summed E-state index contributed by atoms with van der Waals surface area (Å²) < 4.78 is 0. The van der Waals surface area contributed by atoms with E-state index in [0.717, 1.165) is 39.9 Å². The van der Waals surface area contributed by atoms with E-state index in [-0.39, 0.29) is 0 Å². The molecule has 2 aromatic carbocycles. The summed E-state index contributed by atoms with van der Waals surface area (Å²) in [6.45, 7) is 0.817. The molecule has 0 aliphatic carbocycles. The van der Waals surface area contributed by atoms with Crippen LogP contribution >= 0.6 is 0 Å². The second kappa shape index (κ2) is 4.93. The Bertz CT molecular complexity index is 1090. The molecule has 116 valence electrons. The number of benzene rings is 2. The summed E-state index contributed by atoms with van der Waals surface area (Å²) in [5, 5.41) is 5.71. The first-order valence-electron chi connectivity index (χ1n) is 8.02. The quantitative estimate of drug-likeness (QED) is 0.570. The molecule has 0 saturated heterocycles. The fraction of sp³-hybridized carbons (Fsp3) is 0.100. The molecule has 0 fully saturated rings. The van der Waals surface area contributed by atoms with E-state index in [1.165, 1.54) is 11.1 Å². The van der Waals surface area contributed by atoms with Gasteiger partial charge in [-0.3, -0.25) is 9.97 Å². The van der Waals surface area contributed by atoms with Crippen LogP contribution in [-0.4, -0.2) is 23.7 Å². The third kappa shape index (κ3) is 1.93. The van der Waals surface area contributed by atoms with Gasteiger partial charge >= 0.3 is 0 Å². The average molecular weight is 312 g/mol. The average Bonchev–Trinajstić information content (AvgIpc) is 3.02. The van der Waals surface area contributed by atoms with Gasteiger partial charge in [0, 0.05) is 29.6 Å². The van der Waals surface area contributed by atoms with E-state index in [1.54, 1.807) is 0 Å². The lowest BCUT2D eigenvalue weighted by atomic mass is 10.0. The minimum Gasteiger partial charge on any atom is -0.365 e. The van der Waals surface area contributed by atoms with Gasteiger partial charge in [-0.15, -0.1) is 0 Å². The lowest BCUT2D eigenvalue weighted by molar-refractivity contribution is 1.04. The Hall–Kier alpha value is -3.14. The van der Waals surface area contributed by atoms with Crippen molar-refractivity contribution in [2.45, 2.75) is 0 Å². The van der Waals surface area contributed by atoms with Crippen molar-refractivity contribution in [1.29, 1.82) is 0 Å². The first kappa shape index (κ1) is 13.3. The van der Waals surface area contributed by atoms with E-state index in [9.17, 15) is 0 Å². The molecule has 24 heavy (non-hydrogen) atoms. The number of nitrogens with zero attached hydrogens (tertiary/aromatic N) is 3. The summed E-state index contributed by atoms with van der Waals surface area (Å²) in [6.07, 6.45) is 3.86. The van der Waals surface area contributed by atoms with Gasteiger partial charge in [0.1, 0.15) is 0 Å². The third-order valence-corrected chi connectivity index (χ3v) is 4.65. The molecule has 0 radical (unpaired) electrons. The maximum absolute atomic E-state index is 4.59. The Balaban J connectivity index is 1.73. The number of anilines is 2. The van der Waals surface area contributed by atoms with Crippen molar-refractivity contribution < 1.29 is 0 Å². The maximum atomic E-state index is 4.59. The summed E-state index contributed by atoms with van der Waals surface area (Å²) in [5.41, 5.74) is 6.64. The summed E-state index contributed by atoms with van der Waals surface area (Å²) in [5.74, 6) is 0. The molecule has 4 heteroatoms. The van der Waals surface area contributed by atoms with Crippen molar-refractivity contribution in [1.82, 2.24) is 9.97 Å². The van der Waals surface area contributed by atoms with Crippen LogP contribution in [-0.2, 0) is 0 Å². The van der Waals surface area contributed by atoms with Gasteiger partial charge in [0.15, 0.2) is 0 Å². The van der Waals surface area contributed by atoms with Crippen molar-refractivity contribution in [2.75, 3.05) is 23.9 Å². The molecule has 0 atom stereocenters. The Morgan fingerprint density at radius 2 is 1.79 bits per heavy atom. The third-order valence-electron chi connectivity index (χ3n) is 4.65. The number of para-hydroxylation sites is 1. The van der Waals surface area contributed by atoms with Crippen LogP contribution in [0.5, 0.6) is 0 Å². The van der Waals surface area contributed by atoms with E-state index in [1.807, 2.05) is 30.6 Å². The van der Waals surface area contributed by atoms with Crippen LogP contribution in [0.1, 0.15) is 0 Å². The molecule has 0 saturated carbocycles. The molecule has 3 heterocycles. The fourth-order valence-electron chi connectivity index (χ4n) is 3.41. The lowest BCUT2D eigenvalue weighted by Gasteiger charge is -2.13. The highest BCUT2D eigenvalue weighted by molar-refractivity contribution is 6.01.